The summed E-state index contributed by atoms with van der Waals surface area (Å²) in [4.78, 5) is 10.9. The number of primary sulfonamides is 1. The number of carboxylic acid groups (broad SMARTS) is 1. The molecule has 0 heterocycles. The van der Waals surface area contributed by atoms with Gasteiger partial charge in [0.2, 0.25) is 10.0 Å². The summed E-state index contributed by atoms with van der Waals surface area (Å²) in [6.45, 7) is 0. The molecule has 28 heavy (non-hydrogen) atoms. The number of guanidine groups is 1. The van der Waals surface area contributed by atoms with Crippen LogP contribution in [0.1, 0.15) is 5.56 Å². The van der Waals surface area contributed by atoms with Crippen LogP contribution in [0.4, 0.5) is 0 Å². The van der Waals surface area contributed by atoms with Crippen LogP contribution in [0.2, 0.25) is 0 Å². The van der Waals surface area contributed by atoms with Crippen LogP contribution in [0.5, 0.6) is 0 Å². The molecule has 8 N–H and O–H groups in total. The molecule has 11 nitrogen and oxygen atoms in total. The van der Waals surface area contributed by atoms with Crippen molar-refractivity contribution in [2.75, 3.05) is 6.26 Å². The Hall–Kier alpha value is -2.74. The van der Waals surface area contributed by atoms with E-state index in [0.29, 0.717) is 6.26 Å². The molecule has 0 saturated heterocycles. The van der Waals surface area contributed by atoms with Gasteiger partial charge in [-0.3, -0.25) is 14.8 Å². The van der Waals surface area contributed by atoms with Crippen molar-refractivity contribution in [1.82, 2.24) is 5.32 Å². The van der Waals surface area contributed by atoms with E-state index < -0.39 is 43.5 Å². The fraction of sp³-hybridized carbons (Fsp3) is 0.200. The molecule has 0 unspecified atom stereocenters. The zero-order valence-electron chi connectivity index (χ0n) is 14.6. The predicted octanol–water partition coefficient (Wildman–Crippen LogP) is -0.657. The zero-order chi connectivity index (χ0) is 21.8. The molecule has 1 aromatic rings. The number of carboxylic acids is 1. The maximum atomic E-state index is 11.8. The van der Waals surface area contributed by atoms with E-state index in [1.54, 1.807) is 6.07 Å². The average molecular weight is 432 g/mol. The Morgan fingerprint density at radius 3 is 2.04 bits per heavy atom. The molecule has 0 aromatic heterocycles. The van der Waals surface area contributed by atoms with E-state index in [-0.39, 0.29) is 10.5 Å². The second kappa shape index (κ2) is 8.52. The second-order valence-electron chi connectivity index (χ2n) is 5.76. The van der Waals surface area contributed by atoms with Gasteiger partial charge in [-0.1, -0.05) is 42.5 Å². The van der Waals surface area contributed by atoms with Gasteiger partial charge < -0.3 is 16.2 Å². The van der Waals surface area contributed by atoms with Gasteiger partial charge in [0.25, 0.3) is 10.1 Å². The lowest BCUT2D eigenvalue weighted by Crippen LogP contribution is -2.48. The molecule has 13 heteroatoms. The summed E-state index contributed by atoms with van der Waals surface area (Å²) in [7, 11) is -7.69. The first-order valence-electron chi connectivity index (χ1n) is 7.44. The van der Waals surface area contributed by atoms with Gasteiger partial charge in [-0.15, -0.1) is 0 Å². The van der Waals surface area contributed by atoms with Gasteiger partial charge in [-0.2, -0.15) is 8.42 Å². The molecule has 0 amide bonds. The highest BCUT2D eigenvalue weighted by atomic mass is 32.2. The zero-order valence-corrected chi connectivity index (χ0v) is 16.2. The summed E-state index contributed by atoms with van der Waals surface area (Å²) in [6.07, 6.45) is 6.40. The third kappa shape index (κ3) is 6.77. The minimum absolute atomic E-state index is 0.142. The van der Waals surface area contributed by atoms with Gasteiger partial charge in [0.05, 0.1) is 17.1 Å². The SMILES string of the molecule is CS(=O)(=O)O.N=C(N)NC1(c2ccccc2S(N)(=O)=O)C=CC(C(=O)O)C=C1. The molecule has 0 bridgehead atoms. The fourth-order valence-corrected chi connectivity index (χ4v) is 3.22. The lowest BCUT2D eigenvalue weighted by atomic mass is 9.83. The van der Waals surface area contributed by atoms with Crippen LogP contribution in [-0.4, -0.2) is 44.7 Å². The molecular weight excluding hydrogens is 412 g/mol. The Morgan fingerprint density at radius 2 is 1.64 bits per heavy atom. The second-order valence-corrected chi connectivity index (χ2v) is 8.76. The number of aliphatic carboxylic acids is 1. The maximum absolute atomic E-state index is 11.8. The van der Waals surface area contributed by atoms with Crippen LogP contribution in [0.25, 0.3) is 0 Å². The molecule has 0 atom stereocenters. The monoisotopic (exact) mass is 432 g/mol. The average Bonchev–Trinajstić information content (AvgIpc) is 2.52. The van der Waals surface area contributed by atoms with E-state index in [2.05, 4.69) is 5.32 Å². The molecule has 1 aliphatic carbocycles. The number of hydrogen-bond donors (Lipinski definition) is 6. The van der Waals surface area contributed by atoms with Gasteiger partial charge >= 0.3 is 5.97 Å². The van der Waals surface area contributed by atoms with Crippen molar-refractivity contribution in [3.05, 3.63) is 54.1 Å². The quantitative estimate of drug-likeness (QED) is 0.154. The van der Waals surface area contributed by atoms with E-state index in [9.17, 15) is 21.6 Å². The van der Waals surface area contributed by atoms with Crippen LogP contribution >= 0.6 is 0 Å². The Morgan fingerprint density at radius 1 is 1.18 bits per heavy atom. The van der Waals surface area contributed by atoms with Crippen LogP contribution in [0.15, 0.2) is 53.5 Å². The number of benzene rings is 1. The summed E-state index contributed by atoms with van der Waals surface area (Å²) in [5.74, 6) is -2.30. The fourth-order valence-electron chi connectivity index (χ4n) is 2.40. The van der Waals surface area contributed by atoms with E-state index in [1.807, 2.05) is 0 Å². The highest BCUT2D eigenvalue weighted by Crippen LogP contribution is 2.33. The van der Waals surface area contributed by atoms with E-state index >= 15 is 0 Å². The Bertz CT molecular complexity index is 1010. The van der Waals surface area contributed by atoms with Gasteiger partial charge in [-0.25, -0.2) is 13.6 Å². The number of rotatable bonds is 4. The Kier molecular flexibility index (Phi) is 7.09. The number of carbonyl (C=O) groups is 1. The minimum Gasteiger partial charge on any atom is -0.481 e. The van der Waals surface area contributed by atoms with Crippen molar-refractivity contribution in [2.45, 2.75) is 10.4 Å². The van der Waals surface area contributed by atoms with E-state index in [0.717, 1.165) is 0 Å². The van der Waals surface area contributed by atoms with Crippen molar-refractivity contribution in [1.29, 1.82) is 5.41 Å². The Labute approximate surface area is 162 Å². The largest absolute Gasteiger partial charge is 0.481 e. The maximum Gasteiger partial charge on any atom is 0.314 e. The standard InChI is InChI=1S/C14H16N4O4S.CH4O3S/c15-13(16)18-14(7-5-9(6-8-14)12(19)20)10-3-1-2-4-11(10)23(17,21)22;1-5(2,3)4/h1-9H,(H,19,20)(H4,15,16,18)(H2,17,21,22);1H3,(H,2,3,4). The minimum atomic E-state index is -4.02. The number of hydrogen-bond acceptors (Lipinski definition) is 6. The van der Waals surface area contributed by atoms with Crippen molar-refractivity contribution < 1.29 is 31.3 Å². The van der Waals surface area contributed by atoms with Gasteiger partial charge in [0.15, 0.2) is 5.96 Å². The van der Waals surface area contributed by atoms with Crippen LogP contribution in [0, 0.1) is 11.3 Å². The number of sulfonamides is 1. The van der Waals surface area contributed by atoms with Crippen molar-refractivity contribution >= 4 is 32.1 Å². The highest BCUT2D eigenvalue weighted by molar-refractivity contribution is 7.89. The smallest absolute Gasteiger partial charge is 0.314 e. The Balaban J connectivity index is 0.000000696. The molecule has 2 rings (SSSR count). The van der Waals surface area contributed by atoms with Crippen LogP contribution < -0.4 is 16.2 Å². The molecule has 0 fully saturated rings. The topological polar surface area (TPSA) is 214 Å². The van der Waals surface area contributed by atoms with Crippen LogP contribution in [0.3, 0.4) is 0 Å². The normalized spacial score (nSPS) is 21.3. The first-order chi connectivity index (χ1) is 12.7. The first kappa shape index (κ1) is 23.3. The lowest BCUT2D eigenvalue weighted by Gasteiger charge is -2.33. The molecule has 0 saturated carbocycles. The van der Waals surface area contributed by atoms with Gasteiger partial charge in [-0.05, 0) is 6.07 Å². The molecule has 0 aliphatic heterocycles. The first-order valence-corrected chi connectivity index (χ1v) is 10.8. The summed E-state index contributed by atoms with van der Waals surface area (Å²) in [6, 6.07) is 5.98. The molecule has 0 spiro atoms. The molecule has 1 aromatic carbocycles. The predicted molar refractivity (Wildman–Crippen MR) is 101 cm³/mol. The summed E-state index contributed by atoms with van der Waals surface area (Å²) >= 11 is 0. The van der Waals surface area contributed by atoms with Gasteiger partial charge in [0.1, 0.15) is 5.54 Å². The number of nitrogens with one attached hydrogen (secondary N) is 2. The lowest BCUT2D eigenvalue weighted by molar-refractivity contribution is -0.138. The molecular formula is C15H20N4O7S2. The summed E-state index contributed by atoms with van der Waals surface area (Å²) in [5, 5.41) is 24.4. The van der Waals surface area contributed by atoms with Crippen molar-refractivity contribution in [3.8, 4) is 0 Å². The van der Waals surface area contributed by atoms with Gasteiger partial charge in [0, 0.05) is 5.56 Å². The molecule has 0 radical (unpaired) electrons. The van der Waals surface area contributed by atoms with Crippen LogP contribution in [-0.2, 0) is 30.5 Å². The molecule has 1 aliphatic rings. The van der Waals surface area contributed by atoms with E-state index in [4.69, 9.17) is 25.9 Å². The third-order valence-electron chi connectivity index (χ3n) is 3.40. The van der Waals surface area contributed by atoms with E-state index in [1.165, 1.54) is 42.5 Å². The summed E-state index contributed by atoms with van der Waals surface area (Å²) in [5.41, 5.74) is 4.37. The highest BCUT2D eigenvalue weighted by Gasteiger charge is 2.35. The molecule has 154 valence electrons. The van der Waals surface area contributed by atoms with Crippen molar-refractivity contribution in [3.63, 3.8) is 0 Å². The third-order valence-corrected chi connectivity index (χ3v) is 4.37. The summed E-state index contributed by atoms with van der Waals surface area (Å²) < 4.78 is 49.5. The number of nitrogens with two attached hydrogens (primary N) is 2. The van der Waals surface area contributed by atoms with Crippen molar-refractivity contribution in [2.24, 2.45) is 16.8 Å².